The number of hydrogen-bond donors (Lipinski definition) is 0. The molecule has 0 atom stereocenters. The predicted molar refractivity (Wildman–Crippen MR) is 99.5 cm³/mol. The van der Waals surface area contributed by atoms with E-state index in [1.165, 1.54) is 29.5 Å². The molecule has 0 aliphatic heterocycles. The zero-order chi connectivity index (χ0) is 15.0. The Balaban J connectivity index is 1.90. The third-order valence-corrected chi connectivity index (χ3v) is 6.41. The van der Waals surface area contributed by atoms with Gasteiger partial charge in [0, 0.05) is 14.6 Å². The number of hydrogen-bond acceptors (Lipinski definition) is 2. The summed E-state index contributed by atoms with van der Waals surface area (Å²) in [6.45, 7) is 6.75. The normalized spacial score (nSPS) is 11.8. The Labute approximate surface area is 142 Å². The lowest BCUT2D eigenvalue weighted by molar-refractivity contribution is 0.590. The zero-order valence-electron chi connectivity index (χ0n) is 12.3. The Hall–Kier alpha value is -0.900. The topological polar surface area (TPSA) is 0 Å². The monoisotopic (exact) mass is 376 g/mol. The molecule has 0 aliphatic rings. The van der Waals surface area contributed by atoms with Gasteiger partial charge in [-0.05, 0) is 56.7 Å². The van der Waals surface area contributed by atoms with E-state index in [1.807, 2.05) is 11.3 Å². The molecular weight excluding hydrogens is 360 g/mol. The average Bonchev–Trinajstić information content (AvgIpc) is 3.06. The summed E-state index contributed by atoms with van der Waals surface area (Å²) in [5.74, 6) is 0. The van der Waals surface area contributed by atoms with E-state index in [0.29, 0.717) is 0 Å². The minimum Gasteiger partial charge on any atom is -0.134 e. The first-order chi connectivity index (χ1) is 9.93. The fourth-order valence-electron chi connectivity index (χ4n) is 2.21. The molecule has 0 nitrogen and oxygen atoms in total. The van der Waals surface area contributed by atoms with Crippen molar-refractivity contribution in [2.75, 3.05) is 0 Å². The molecule has 3 aromatic rings. The molecule has 0 N–H and O–H groups in total. The van der Waals surface area contributed by atoms with Gasteiger partial charge in [-0.3, -0.25) is 0 Å². The molecule has 0 saturated heterocycles. The van der Waals surface area contributed by atoms with Crippen LogP contribution in [0.2, 0.25) is 0 Å². The van der Waals surface area contributed by atoms with Crippen molar-refractivity contribution in [2.24, 2.45) is 0 Å². The van der Waals surface area contributed by atoms with Gasteiger partial charge < -0.3 is 0 Å². The fourth-order valence-corrected chi connectivity index (χ4v) is 4.69. The van der Waals surface area contributed by atoms with Crippen molar-refractivity contribution in [3.05, 3.63) is 57.9 Å². The summed E-state index contributed by atoms with van der Waals surface area (Å²) in [6.07, 6.45) is 0. The van der Waals surface area contributed by atoms with E-state index in [9.17, 15) is 0 Å². The summed E-state index contributed by atoms with van der Waals surface area (Å²) in [7, 11) is 0. The Kier molecular flexibility index (Phi) is 4.08. The van der Waals surface area contributed by atoms with Crippen LogP contribution in [0.4, 0.5) is 0 Å². The van der Waals surface area contributed by atoms with Crippen LogP contribution in [0.3, 0.4) is 0 Å². The molecule has 2 heterocycles. The van der Waals surface area contributed by atoms with Gasteiger partial charge in [0.25, 0.3) is 0 Å². The van der Waals surface area contributed by atoms with Crippen LogP contribution in [0.1, 0.15) is 26.3 Å². The molecule has 3 rings (SSSR count). The minimum atomic E-state index is 0.211. The van der Waals surface area contributed by atoms with Crippen LogP contribution in [0.5, 0.6) is 0 Å². The molecule has 2 aromatic heterocycles. The van der Waals surface area contributed by atoms with Crippen LogP contribution in [0.15, 0.2) is 52.3 Å². The second kappa shape index (κ2) is 5.71. The van der Waals surface area contributed by atoms with E-state index >= 15 is 0 Å². The highest BCUT2D eigenvalue weighted by atomic mass is 79.9. The summed E-state index contributed by atoms with van der Waals surface area (Å²) in [5.41, 5.74) is 2.89. The van der Waals surface area contributed by atoms with E-state index in [2.05, 4.69) is 85.2 Å². The molecule has 0 unspecified atom stereocenters. The molecule has 0 radical (unpaired) electrons. The van der Waals surface area contributed by atoms with E-state index in [1.54, 1.807) is 11.3 Å². The lowest BCUT2D eigenvalue weighted by Gasteiger charge is -2.18. The van der Waals surface area contributed by atoms with Gasteiger partial charge in [0.15, 0.2) is 0 Å². The molecule has 0 bridgehead atoms. The first kappa shape index (κ1) is 15.0. The van der Waals surface area contributed by atoms with E-state index in [-0.39, 0.29) is 5.41 Å². The maximum absolute atomic E-state index is 3.53. The van der Waals surface area contributed by atoms with Gasteiger partial charge in [-0.2, -0.15) is 0 Å². The first-order valence-electron chi connectivity index (χ1n) is 6.90. The molecule has 1 aromatic carbocycles. The van der Waals surface area contributed by atoms with Gasteiger partial charge in [0.1, 0.15) is 0 Å². The fraction of sp³-hybridized carbons (Fsp3) is 0.222. The number of thiophene rings is 2. The van der Waals surface area contributed by atoms with Crippen molar-refractivity contribution in [3.8, 4) is 20.2 Å². The summed E-state index contributed by atoms with van der Waals surface area (Å²) in [4.78, 5) is 3.99. The van der Waals surface area contributed by atoms with Gasteiger partial charge in [0.05, 0.1) is 3.79 Å². The molecule has 0 amide bonds. The summed E-state index contributed by atoms with van der Waals surface area (Å²) >= 11 is 7.17. The van der Waals surface area contributed by atoms with Crippen LogP contribution in [0.25, 0.3) is 20.2 Å². The maximum atomic E-state index is 3.53. The Morgan fingerprint density at radius 3 is 1.86 bits per heavy atom. The molecule has 3 heteroatoms. The standard InChI is InChI=1S/C18H17BrS2/c1-18(2,3)13-6-4-12(5-7-13)14-8-9-15(20-14)16-10-11-17(19)21-16/h4-11H,1-3H3. The van der Waals surface area contributed by atoms with Crippen LogP contribution in [0, 0.1) is 0 Å². The van der Waals surface area contributed by atoms with Gasteiger partial charge >= 0.3 is 0 Å². The van der Waals surface area contributed by atoms with Crippen molar-refractivity contribution >= 4 is 38.6 Å². The Morgan fingerprint density at radius 2 is 1.29 bits per heavy atom. The van der Waals surface area contributed by atoms with Crippen molar-refractivity contribution in [1.82, 2.24) is 0 Å². The molecule has 0 spiro atoms. The quantitative estimate of drug-likeness (QED) is 0.443. The molecule has 108 valence electrons. The van der Waals surface area contributed by atoms with Crippen molar-refractivity contribution < 1.29 is 0 Å². The predicted octanol–water partition coefficient (Wildman–Crippen LogP) is 7.20. The lowest BCUT2D eigenvalue weighted by Crippen LogP contribution is -2.10. The van der Waals surface area contributed by atoms with Crippen LogP contribution >= 0.6 is 38.6 Å². The highest BCUT2D eigenvalue weighted by molar-refractivity contribution is 9.11. The van der Waals surface area contributed by atoms with Crippen LogP contribution < -0.4 is 0 Å². The smallest absolute Gasteiger partial charge is 0.0705 e. The van der Waals surface area contributed by atoms with E-state index in [0.717, 1.165) is 0 Å². The van der Waals surface area contributed by atoms with E-state index in [4.69, 9.17) is 0 Å². The van der Waals surface area contributed by atoms with Crippen LogP contribution in [-0.2, 0) is 5.41 Å². The minimum absolute atomic E-state index is 0.211. The van der Waals surface area contributed by atoms with Crippen molar-refractivity contribution in [2.45, 2.75) is 26.2 Å². The van der Waals surface area contributed by atoms with Gasteiger partial charge in [-0.1, -0.05) is 45.0 Å². The SMILES string of the molecule is CC(C)(C)c1ccc(-c2ccc(-c3ccc(Br)s3)s2)cc1. The number of benzene rings is 1. The van der Waals surface area contributed by atoms with Gasteiger partial charge in [-0.25, -0.2) is 0 Å². The Bertz CT molecular complexity index is 742. The largest absolute Gasteiger partial charge is 0.134 e. The lowest BCUT2D eigenvalue weighted by atomic mass is 9.86. The molecule has 0 aliphatic carbocycles. The first-order valence-corrected chi connectivity index (χ1v) is 9.32. The highest BCUT2D eigenvalue weighted by Crippen LogP contribution is 2.39. The van der Waals surface area contributed by atoms with Gasteiger partial charge in [-0.15, -0.1) is 22.7 Å². The molecule has 0 saturated carbocycles. The van der Waals surface area contributed by atoms with Crippen molar-refractivity contribution in [1.29, 1.82) is 0 Å². The second-order valence-corrected chi connectivity index (χ2v) is 9.64. The average molecular weight is 377 g/mol. The van der Waals surface area contributed by atoms with Crippen LogP contribution in [-0.4, -0.2) is 0 Å². The van der Waals surface area contributed by atoms with Gasteiger partial charge in [0.2, 0.25) is 0 Å². The summed E-state index contributed by atoms with van der Waals surface area (Å²) in [5, 5.41) is 0. The Morgan fingerprint density at radius 1 is 0.714 bits per heavy atom. The summed E-state index contributed by atoms with van der Waals surface area (Å²) in [6, 6.07) is 17.7. The zero-order valence-corrected chi connectivity index (χ0v) is 15.5. The summed E-state index contributed by atoms with van der Waals surface area (Å²) < 4.78 is 1.18. The van der Waals surface area contributed by atoms with E-state index < -0.39 is 0 Å². The highest BCUT2D eigenvalue weighted by Gasteiger charge is 2.13. The number of rotatable bonds is 2. The third-order valence-electron chi connectivity index (χ3n) is 3.46. The third kappa shape index (κ3) is 3.31. The molecule has 21 heavy (non-hydrogen) atoms. The van der Waals surface area contributed by atoms with Crippen molar-refractivity contribution in [3.63, 3.8) is 0 Å². The molecular formula is C18H17BrS2. The number of halogens is 1. The maximum Gasteiger partial charge on any atom is 0.0705 e. The molecule has 0 fully saturated rings. The second-order valence-electron chi connectivity index (χ2n) is 6.10.